The van der Waals surface area contributed by atoms with Crippen molar-refractivity contribution in [2.45, 2.75) is 17.9 Å². The Balaban J connectivity index is 0.00000225. The number of hydrogen-bond donors (Lipinski definition) is 0. The normalized spacial score (nSPS) is 13.6. The zero-order chi connectivity index (χ0) is 11.3. The van der Waals surface area contributed by atoms with Crippen molar-refractivity contribution in [1.29, 1.82) is 0 Å². The van der Waals surface area contributed by atoms with Gasteiger partial charge in [-0.15, -0.1) is 0 Å². The van der Waals surface area contributed by atoms with Crippen LogP contribution in [0, 0.1) is 0 Å². The molecule has 16 heavy (non-hydrogen) atoms. The fourth-order valence-corrected chi connectivity index (χ4v) is 1.33. The molecule has 1 rings (SSSR count). The third-order valence-electron chi connectivity index (χ3n) is 2.21. The third kappa shape index (κ3) is 4.83. The number of carboxylic acids is 1. The number of hydrogen-bond acceptors (Lipinski definition) is 3. The Bertz CT molecular complexity index is 331. The molecule has 1 unspecified atom stereocenters. The van der Waals surface area contributed by atoms with Crippen LogP contribution in [-0.2, 0) is 16.0 Å². The molecule has 0 aliphatic heterocycles. The first-order chi connectivity index (χ1) is 7.08. The summed E-state index contributed by atoms with van der Waals surface area (Å²) < 4.78 is 4.72. The number of ether oxygens (including phenoxy) is 1. The number of rotatable bonds is 5. The van der Waals surface area contributed by atoms with Gasteiger partial charge in [0.25, 0.3) is 0 Å². The molecular weight excluding hydrogens is 255 g/mol. The van der Waals surface area contributed by atoms with Crippen molar-refractivity contribution < 1.29 is 66.0 Å². The quantitative estimate of drug-likeness (QED) is 0.456. The maximum atomic E-state index is 10.7. The van der Waals surface area contributed by atoms with Crippen LogP contribution in [0.25, 0.3) is 0 Å². The summed E-state index contributed by atoms with van der Waals surface area (Å²) in [5, 5.41) is 8.98. The van der Waals surface area contributed by atoms with Gasteiger partial charge in [-0.1, -0.05) is 41.9 Å². The molecule has 1 atom stereocenters. The van der Waals surface area contributed by atoms with Crippen LogP contribution >= 0.6 is 11.6 Å². The molecule has 0 N–H and O–H groups in total. The number of carboxylic acid groups (broad SMARTS) is 1. The zero-order valence-corrected chi connectivity index (χ0v) is 13.3. The van der Waals surface area contributed by atoms with Gasteiger partial charge in [0, 0.05) is 13.5 Å². The molecule has 0 aliphatic rings. The number of carbonyl (C=O) groups excluding carboxylic acids is 1. The second kappa shape index (κ2) is 7.82. The van der Waals surface area contributed by atoms with Crippen molar-refractivity contribution in [1.82, 2.24) is 0 Å². The standard InChI is InChI=1S/C11H13ClO3.K/c1-15-11(12,10(13)14)8-7-9-5-3-2-4-6-9;/h2-6H,7-8H2,1H3,(H,13,14);/q;+1/p-1. The van der Waals surface area contributed by atoms with Gasteiger partial charge in [-0.05, 0) is 12.0 Å². The van der Waals surface area contributed by atoms with Crippen molar-refractivity contribution in [3.05, 3.63) is 35.9 Å². The molecule has 0 aliphatic carbocycles. The molecule has 0 saturated carbocycles. The van der Waals surface area contributed by atoms with Gasteiger partial charge in [0.15, 0.2) is 5.06 Å². The van der Waals surface area contributed by atoms with E-state index in [0.717, 1.165) is 5.56 Å². The number of carbonyl (C=O) groups is 1. The number of methoxy groups -OCH3 is 1. The Hall–Kier alpha value is 0.576. The molecular formula is C11H12ClKO3. The van der Waals surface area contributed by atoms with Crippen LogP contribution in [0.2, 0.25) is 0 Å². The molecule has 0 bridgehead atoms. The molecule has 82 valence electrons. The van der Waals surface area contributed by atoms with E-state index >= 15 is 0 Å². The van der Waals surface area contributed by atoms with Crippen molar-refractivity contribution in [2.24, 2.45) is 0 Å². The molecule has 0 heterocycles. The number of halogens is 1. The average Bonchev–Trinajstić information content (AvgIpc) is 2.27. The van der Waals surface area contributed by atoms with E-state index in [2.05, 4.69) is 0 Å². The number of aliphatic carboxylic acids is 1. The maximum absolute atomic E-state index is 10.7. The van der Waals surface area contributed by atoms with Gasteiger partial charge in [0.1, 0.15) is 0 Å². The zero-order valence-electron chi connectivity index (χ0n) is 9.40. The van der Waals surface area contributed by atoms with Crippen LogP contribution < -0.4 is 56.5 Å². The van der Waals surface area contributed by atoms with Gasteiger partial charge in [-0.3, -0.25) is 0 Å². The van der Waals surface area contributed by atoms with E-state index in [-0.39, 0.29) is 57.8 Å². The second-order valence-corrected chi connectivity index (χ2v) is 3.82. The largest absolute Gasteiger partial charge is 1.00 e. The van der Waals surface area contributed by atoms with Crippen molar-refractivity contribution >= 4 is 17.6 Å². The Morgan fingerprint density at radius 3 is 2.44 bits per heavy atom. The van der Waals surface area contributed by atoms with Gasteiger partial charge in [0.2, 0.25) is 0 Å². The predicted octanol–water partition coefficient (Wildman–Crippen LogP) is -2.05. The topological polar surface area (TPSA) is 49.4 Å². The van der Waals surface area contributed by atoms with E-state index in [1.165, 1.54) is 7.11 Å². The Morgan fingerprint density at radius 2 is 2.00 bits per heavy atom. The maximum Gasteiger partial charge on any atom is 1.00 e. The SMILES string of the molecule is COC(Cl)(CCc1ccccc1)C(=O)[O-].[K+]. The van der Waals surface area contributed by atoms with Gasteiger partial charge < -0.3 is 14.6 Å². The molecule has 1 aromatic carbocycles. The Kier molecular flexibility index (Phi) is 8.10. The smallest absolute Gasteiger partial charge is 0.546 e. The van der Waals surface area contributed by atoms with Crippen LogP contribution in [0.4, 0.5) is 0 Å². The minimum absolute atomic E-state index is 0. The van der Waals surface area contributed by atoms with Crippen LogP contribution in [0.3, 0.4) is 0 Å². The molecule has 3 nitrogen and oxygen atoms in total. The minimum Gasteiger partial charge on any atom is -0.546 e. The summed E-state index contributed by atoms with van der Waals surface area (Å²) in [6.45, 7) is 0. The van der Waals surface area contributed by atoms with Crippen molar-refractivity contribution in [3.8, 4) is 0 Å². The summed E-state index contributed by atoms with van der Waals surface area (Å²) in [5.41, 5.74) is 1.01. The minimum atomic E-state index is -1.73. The molecule has 0 aromatic heterocycles. The monoisotopic (exact) mass is 266 g/mol. The van der Waals surface area contributed by atoms with Crippen LogP contribution in [0.5, 0.6) is 0 Å². The fraction of sp³-hybridized carbons (Fsp3) is 0.364. The molecule has 0 spiro atoms. The van der Waals surface area contributed by atoms with E-state index in [0.29, 0.717) is 6.42 Å². The van der Waals surface area contributed by atoms with E-state index in [9.17, 15) is 9.90 Å². The van der Waals surface area contributed by atoms with Gasteiger partial charge in [-0.2, -0.15) is 0 Å². The summed E-state index contributed by atoms with van der Waals surface area (Å²) in [4.78, 5) is 10.7. The van der Waals surface area contributed by atoms with Gasteiger partial charge in [0.05, 0.1) is 5.97 Å². The van der Waals surface area contributed by atoms with E-state index in [1.807, 2.05) is 30.3 Å². The third-order valence-corrected chi connectivity index (χ3v) is 2.70. The summed E-state index contributed by atoms with van der Waals surface area (Å²) >= 11 is 5.72. The van der Waals surface area contributed by atoms with Crippen LogP contribution in [-0.4, -0.2) is 18.1 Å². The molecule has 5 heteroatoms. The molecule has 0 radical (unpaired) electrons. The molecule has 1 aromatic rings. The molecule has 0 amide bonds. The van der Waals surface area contributed by atoms with Crippen molar-refractivity contribution in [3.63, 3.8) is 0 Å². The van der Waals surface area contributed by atoms with Crippen LogP contribution in [0.15, 0.2) is 30.3 Å². The average molecular weight is 267 g/mol. The number of aryl methyl sites for hydroxylation is 1. The Morgan fingerprint density at radius 1 is 1.44 bits per heavy atom. The van der Waals surface area contributed by atoms with Crippen molar-refractivity contribution in [2.75, 3.05) is 7.11 Å². The van der Waals surface area contributed by atoms with Gasteiger partial charge in [-0.25, -0.2) is 0 Å². The molecule has 0 saturated heterocycles. The summed E-state index contributed by atoms with van der Waals surface area (Å²) in [7, 11) is 1.26. The van der Waals surface area contributed by atoms with E-state index in [1.54, 1.807) is 0 Å². The van der Waals surface area contributed by atoms with Crippen LogP contribution in [0.1, 0.15) is 12.0 Å². The Labute approximate surface area is 143 Å². The van der Waals surface area contributed by atoms with Gasteiger partial charge >= 0.3 is 51.4 Å². The first kappa shape index (κ1) is 16.6. The summed E-state index contributed by atoms with van der Waals surface area (Å²) in [5.74, 6) is -1.40. The fourth-order valence-electron chi connectivity index (χ4n) is 1.24. The van der Waals surface area contributed by atoms with E-state index < -0.39 is 11.0 Å². The summed E-state index contributed by atoms with van der Waals surface area (Å²) in [6, 6.07) is 9.48. The first-order valence-electron chi connectivity index (χ1n) is 4.58. The van der Waals surface area contributed by atoms with E-state index in [4.69, 9.17) is 16.3 Å². The second-order valence-electron chi connectivity index (χ2n) is 3.21. The molecule has 0 fully saturated rings. The number of benzene rings is 1. The predicted molar refractivity (Wildman–Crippen MR) is 55.4 cm³/mol. The summed E-state index contributed by atoms with van der Waals surface area (Å²) in [6.07, 6.45) is 0.712. The number of alkyl halides is 1. The first-order valence-corrected chi connectivity index (χ1v) is 4.96.